The van der Waals surface area contributed by atoms with E-state index in [-0.39, 0.29) is 11.5 Å². The van der Waals surface area contributed by atoms with Crippen LogP contribution >= 0.6 is 0 Å². The number of nitrogens with two attached hydrogens (primary N) is 1. The van der Waals surface area contributed by atoms with E-state index >= 15 is 0 Å². The molecule has 8 nitrogen and oxygen atoms in total. The van der Waals surface area contributed by atoms with Crippen LogP contribution in [0.15, 0.2) is 0 Å². The molecule has 0 bridgehead atoms. The number of hydrogen-bond donors (Lipinski definition) is 3. The van der Waals surface area contributed by atoms with E-state index in [0.717, 1.165) is 38.1 Å². The fraction of sp³-hybridized carbons (Fsp3) is 0.750. The molecule has 0 saturated carbocycles. The van der Waals surface area contributed by atoms with E-state index in [2.05, 4.69) is 48.0 Å². The second-order valence-electron chi connectivity index (χ2n) is 8.97. The number of imidazole rings is 1. The van der Waals surface area contributed by atoms with Gasteiger partial charge in [-0.2, -0.15) is 9.97 Å². The molecule has 0 saturated heterocycles. The highest BCUT2D eigenvalue weighted by Gasteiger charge is 2.22. The van der Waals surface area contributed by atoms with Gasteiger partial charge in [-0.15, -0.1) is 0 Å². The first-order valence-electron chi connectivity index (χ1n) is 10.1. The Morgan fingerprint density at radius 3 is 2.43 bits per heavy atom. The van der Waals surface area contributed by atoms with Crippen molar-refractivity contribution in [3.05, 3.63) is 5.82 Å². The lowest BCUT2D eigenvalue weighted by Crippen LogP contribution is -2.36. The maximum absolute atomic E-state index is 10.3. The Hall–Kier alpha value is -1.93. The molecule has 0 aromatic carbocycles. The molecule has 0 spiro atoms. The molecule has 0 aliphatic rings. The highest BCUT2D eigenvalue weighted by atomic mass is 16.5. The molecule has 0 fully saturated rings. The second-order valence-corrected chi connectivity index (χ2v) is 8.97. The highest BCUT2D eigenvalue weighted by molar-refractivity contribution is 5.82. The van der Waals surface area contributed by atoms with Gasteiger partial charge in [-0.3, -0.25) is 0 Å². The van der Waals surface area contributed by atoms with E-state index in [0.29, 0.717) is 30.1 Å². The van der Waals surface area contributed by atoms with Crippen LogP contribution in [-0.4, -0.2) is 48.9 Å². The summed E-state index contributed by atoms with van der Waals surface area (Å²) in [6.45, 7) is 13.8. The predicted molar refractivity (Wildman–Crippen MR) is 113 cm³/mol. The number of unbranched alkanes of at least 4 members (excludes halogenated alkanes) is 1. The van der Waals surface area contributed by atoms with Crippen LogP contribution in [0.4, 0.5) is 5.82 Å². The molecule has 4 N–H and O–H groups in total. The molecule has 8 heteroatoms. The van der Waals surface area contributed by atoms with Crippen LogP contribution in [0.5, 0.6) is 6.01 Å². The van der Waals surface area contributed by atoms with Gasteiger partial charge in [0.15, 0.2) is 17.0 Å². The van der Waals surface area contributed by atoms with E-state index in [1.54, 1.807) is 13.8 Å². The number of aromatic nitrogens is 4. The van der Waals surface area contributed by atoms with Crippen molar-refractivity contribution in [2.24, 2.45) is 0 Å². The molecule has 0 amide bonds. The normalized spacial score (nSPS) is 12.7. The quantitative estimate of drug-likeness (QED) is 0.533. The first-order valence-corrected chi connectivity index (χ1v) is 10.1. The van der Waals surface area contributed by atoms with Crippen molar-refractivity contribution < 1.29 is 9.84 Å². The fourth-order valence-electron chi connectivity index (χ4n) is 2.89. The number of nitrogens with zero attached hydrogens (tertiary/aromatic N) is 4. The van der Waals surface area contributed by atoms with Gasteiger partial charge in [0.25, 0.3) is 0 Å². The Morgan fingerprint density at radius 2 is 1.82 bits per heavy atom. The van der Waals surface area contributed by atoms with Crippen molar-refractivity contribution in [3.63, 3.8) is 0 Å². The Balaban J connectivity index is 2.21. The van der Waals surface area contributed by atoms with Crippen molar-refractivity contribution in [1.29, 1.82) is 0 Å². The first kappa shape index (κ1) is 22.4. The molecule has 0 radical (unpaired) electrons. The Labute approximate surface area is 167 Å². The van der Waals surface area contributed by atoms with Crippen LogP contribution in [0.3, 0.4) is 0 Å². The summed E-state index contributed by atoms with van der Waals surface area (Å²) in [6.07, 6.45) is 3.71. The Bertz CT molecular complexity index is 774. The number of nitrogens with one attached hydrogen (secondary N) is 1. The smallest absolute Gasteiger partial charge is 0.320 e. The van der Waals surface area contributed by atoms with E-state index in [1.165, 1.54) is 0 Å². The van der Waals surface area contributed by atoms with Crippen molar-refractivity contribution in [2.45, 2.75) is 84.9 Å². The van der Waals surface area contributed by atoms with Gasteiger partial charge in [-0.05, 0) is 54.0 Å². The third-order valence-electron chi connectivity index (χ3n) is 4.19. The number of nitrogen functional groups attached to an aromatic ring is 1. The van der Waals surface area contributed by atoms with Gasteiger partial charge in [0.1, 0.15) is 5.82 Å². The van der Waals surface area contributed by atoms with Crippen LogP contribution in [0.25, 0.3) is 11.2 Å². The summed E-state index contributed by atoms with van der Waals surface area (Å²) in [7, 11) is 0. The largest absolute Gasteiger partial charge is 0.463 e. The van der Waals surface area contributed by atoms with E-state index in [1.807, 2.05) is 4.57 Å². The Kier molecular flexibility index (Phi) is 7.22. The summed E-state index contributed by atoms with van der Waals surface area (Å²) in [5.41, 5.74) is 6.51. The third-order valence-corrected chi connectivity index (χ3v) is 4.19. The molecule has 0 aliphatic heterocycles. The van der Waals surface area contributed by atoms with Gasteiger partial charge >= 0.3 is 6.01 Å². The Morgan fingerprint density at radius 1 is 1.11 bits per heavy atom. The van der Waals surface area contributed by atoms with E-state index in [4.69, 9.17) is 10.5 Å². The van der Waals surface area contributed by atoms with Crippen LogP contribution in [-0.2, 0) is 13.0 Å². The number of aliphatic hydroxyl groups is 1. The van der Waals surface area contributed by atoms with Crippen molar-refractivity contribution in [1.82, 2.24) is 24.8 Å². The molecular weight excluding hydrogens is 356 g/mol. The summed E-state index contributed by atoms with van der Waals surface area (Å²) in [5, 5.41) is 13.8. The average molecular weight is 393 g/mol. The van der Waals surface area contributed by atoms with Crippen LogP contribution < -0.4 is 15.8 Å². The lowest BCUT2D eigenvalue weighted by atomic mass is 10.1. The molecule has 0 atom stereocenters. The summed E-state index contributed by atoms with van der Waals surface area (Å²) in [4.78, 5) is 13.5. The molecule has 28 heavy (non-hydrogen) atoms. The standard InChI is InChI=1S/C20H36N6O2/c1-7-8-10-14-23-15-16(21)24-18(28-12-9-11-22-19(2,3)4)25-17(15)26(14)13-20(5,6)27/h22,27H,7-13H2,1-6H3,(H2,21,24,25). The highest BCUT2D eigenvalue weighted by Crippen LogP contribution is 2.24. The number of aryl methyl sites for hydroxylation is 1. The zero-order valence-electron chi connectivity index (χ0n) is 18.2. The minimum atomic E-state index is -0.895. The third kappa shape index (κ3) is 6.60. The molecule has 2 heterocycles. The number of ether oxygens (including phenoxy) is 1. The summed E-state index contributed by atoms with van der Waals surface area (Å²) in [5.74, 6) is 1.17. The van der Waals surface area contributed by atoms with Gasteiger partial charge in [0.05, 0.1) is 18.8 Å². The lowest BCUT2D eigenvalue weighted by Gasteiger charge is -2.20. The monoisotopic (exact) mass is 392 g/mol. The van der Waals surface area contributed by atoms with Gasteiger partial charge in [0.2, 0.25) is 0 Å². The minimum absolute atomic E-state index is 0.0817. The molecule has 2 aromatic rings. The van der Waals surface area contributed by atoms with Crippen molar-refractivity contribution in [2.75, 3.05) is 18.9 Å². The topological polar surface area (TPSA) is 111 Å². The first-order chi connectivity index (χ1) is 13.0. The van der Waals surface area contributed by atoms with Crippen molar-refractivity contribution in [3.8, 4) is 6.01 Å². The summed E-state index contributed by atoms with van der Waals surface area (Å²) in [6, 6.07) is 0.250. The van der Waals surface area contributed by atoms with Crippen LogP contribution in [0.1, 0.15) is 66.6 Å². The predicted octanol–water partition coefficient (Wildman–Crippen LogP) is 2.68. The zero-order chi connectivity index (χ0) is 20.9. The van der Waals surface area contributed by atoms with E-state index < -0.39 is 5.60 Å². The fourth-order valence-corrected chi connectivity index (χ4v) is 2.89. The molecule has 2 aromatic heterocycles. The number of anilines is 1. The molecular formula is C20H36N6O2. The summed E-state index contributed by atoms with van der Waals surface area (Å²) < 4.78 is 7.68. The van der Waals surface area contributed by atoms with Gasteiger partial charge in [0, 0.05) is 12.0 Å². The second kappa shape index (κ2) is 9.05. The van der Waals surface area contributed by atoms with Gasteiger partial charge < -0.3 is 25.5 Å². The maximum atomic E-state index is 10.3. The minimum Gasteiger partial charge on any atom is -0.463 e. The summed E-state index contributed by atoms with van der Waals surface area (Å²) >= 11 is 0. The number of rotatable bonds is 10. The van der Waals surface area contributed by atoms with Crippen LogP contribution in [0, 0.1) is 0 Å². The number of hydrogen-bond acceptors (Lipinski definition) is 7. The molecule has 2 rings (SSSR count). The number of fused-ring (bicyclic) bond motifs is 1. The maximum Gasteiger partial charge on any atom is 0.320 e. The zero-order valence-corrected chi connectivity index (χ0v) is 18.2. The van der Waals surface area contributed by atoms with Gasteiger partial charge in [-0.1, -0.05) is 13.3 Å². The molecule has 158 valence electrons. The average Bonchev–Trinajstić information content (AvgIpc) is 2.88. The molecule has 0 unspecified atom stereocenters. The van der Waals surface area contributed by atoms with Gasteiger partial charge in [-0.25, -0.2) is 4.98 Å². The van der Waals surface area contributed by atoms with E-state index in [9.17, 15) is 5.11 Å². The lowest BCUT2D eigenvalue weighted by molar-refractivity contribution is 0.0616. The SMILES string of the molecule is CCCCc1nc2c(N)nc(OCCCNC(C)(C)C)nc2n1CC(C)(C)O. The van der Waals surface area contributed by atoms with Crippen LogP contribution in [0.2, 0.25) is 0 Å². The molecule has 0 aliphatic carbocycles. The van der Waals surface area contributed by atoms with Crippen molar-refractivity contribution >= 4 is 17.0 Å².